The number of thiazole rings is 1. The first-order valence-electron chi connectivity index (χ1n) is 8.59. The zero-order valence-corrected chi connectivity index (χ0v) is 14.9. The van der Waals surface area contributed by atoms with Gasteiger partial charge in [0, 0.05) is 18.3 Å². The maximum Gasteiger partial charge on any atom is 0.195 e. The lowest BCUT2D eigenvalue weighted by molar-refractivity contribution is 0.970. The second kappa shape index (κ2) is 6.09. The molecule has 0 unspecified atom stereocenters. The monoisotopic (exact) mass is 355 g/mol. The topological polar surface area (TPSA) is 43.3 Å². The number of aromatic nitrogens is 2. The number of fused-ring (bicyclic) bond motifs is 2. The lowest BCUT2D eigenvalue weighted by Crippen LogP contribution is -2.01. The highest BCUT2D eigenvalue weighted by atomic mass is 32.1. The molecule has 0 radical (unpaired) electrons. The Kier molecular flexibility index (Phi) is 3.59. The predicted molar refractivity (Wildman–Crippen MR) is 109 cm³/mol. The molecule has 4 heteroatoms. The minimum absolute atomic E-state index is 0.453. The Balaban J connectivity index is 1.67. The normalized spacial score (nSPS) is 11.4. The lowest BCUT2D eigenvalue weighted by Gasteiger charge is -2.04. The molecule has 2 N–H and O–H groups in total. The zero-order valence-electron chi connectivity index (χ0n) is 14.1. The molecular weight excluding hydrogens is 338 g/mol. The van der Waals surface area contributed by atoms with E-state index in [0.717, 1.165) is 21.9 Å². The van der Waals surface area contributed by atoms with Crippen molar-refractivity contribution in [3.63, 3.8) is 0 Å². The van der Waals surface area contributed by atoms with Gasteiger partial charge in [-0.1, -0.05) is 78.1 Å². The molecule has 0 aliphatic carbocycles. The summed E-state index contributed by atoms with van der Waals surface area (Å²) in [6, 6.07) is 25.2. The van der Waals surface area contributed by atoms with Crippen LogP contribution in [0.15, 0.2) is 79.0 Å². The van der Waals surface area contributed by atoms with Crippen LogP contribution in [0.1, 0.15) is 5.69 Å². The highest BCUT2D eigenvalue weighted by Crippen LogP contribution is 2.33. The Morgan fingerprint density at radius 2 is 1.62 bits per heavy atom. The van der Waals surface area contributed by atoms with Crippen molar-refractivity contribution in [2.24, 2.45) is 5.73 Å². The fourth-order valence-corrected chi connectivity index (χ4v) is 4.40. The van der Waals surface area contributed by atoms with E-state index in [1.807, 2.05) is 6.07 Å². The molecule has 0 aliphatic rings. The molecule has 0 saturated carbocycles. The minimum Gasteiger partial charge on any atom is -0.325 e. The van der Waals surface area contributed by atoms with E-state index in [-0.39, 0.29) is 0 Å². The summed E-state index contributed by atoms with van der Waals surface area (Å²) in [5.74, 6) is 0. The summed E-state index contributed by atoms with van der Waals surface area (Å²) in [5, 5.41) is 2.45. The van der Waals surface area contributed by atoms with Crippen LogP contribution in [0.5, 0.6) is 0 Å². The molecule has 3 nitrogen and oxygen atoms in total. The highest BCUT2D eigenvalue weighted by molar-refractivity contribution is 7.20. The van der Waals surface area contributed by atoms with Gasteiger partial charge >= 0.3 is 0 Å². The summed E-state index contributed by atoms with van der Waals surface area (Å²) < 4.78 is 2.14. The van der Waals surface area contributed by atoms with Gasteiger partial charge < -0.3 is 5.73 Å². The summed E-state index contributed by atoms with van der Waals surface area (Å²) in [7, 11) is 0. The van der Waals surface area contributed by atoms with Crippen LogP contribution in [-0.2, 0) is 6.54 Å². The maximum atomic E-state index is 6.10. The first-order chi connectivity index (χ1) is 12.8. The second-order valence-electron chi connectivity index (χ2n) is 6.29. The van der Waals surface area contributed by atoms with Gasteiger partial charge in [-0.25, -0.2) is 4.98 Å². The SMILES string of the molecule is NCc1c(-c2ccc3ccccc3c2)nc2sc(-c3ccccc3)cn12. The number of hydrogen-bond acceptors (Lipinski definition) is 3. The van der Waals surface area contributed by atoms with Crippen LogP contribution in [0.3, 0.4) is 0 Å². The van der Waals surface area contributed by atoms with Crippen LogP contribution >= 0.6 is 11.3 Å². The van der Waals surface area contributed by atoms with Crippen LogP contribution < -0.4 is 5.73 Å². The van der Waals surface area contributed by atoms with Gasteiger partial charge in [0.1, 0.15) is 0 Å². The van der Waals surface area contributed by atoms with Crippen molar-refractivity contribution in [2.45, 2.75) is 6.54 Å². The quantitative estimate of drug-likeness (QED) is 0.474. The van der Waals surface area contributed by atoms with E-state index in [2.05, 4.69) is 77.3 Å². The Morgan fingerprint density at radius 1 is 0.846 bits per heavy atom. The third-order valence-corrected chi connectivity index (χ3v) is 5.73. The van der Waals surface area contributed by atoms with Crippen LogP contribution in [-0.4, -0.2) is 9.38 Å². The van der Waals surface area contributed by atoms with Gasteiger partial charge in [-0.15, -0.1) is 0 Å². The van der Waals surface area contributed by atoms with E-state index in [0.29, 0.717) is 6.54 Å². The average molecular weight is 355 g/mol. The van der Waals surface area contributed by atoms with Gasteiger partial charge in [0.2, 0.25) is 0 Å². The largest absolute Gasteiger partial charge is 0.325 e. The van der Waals surface area contributed by atoms with Gasteiger partial charge in [-0.3, -0.25) is 4.40 Å². The molecule has 0 fully saturated rings. The van der Waals surface area contributed by atoms with Crippen molar-refractivity contribution in [1.82, 2.24) is 9.38 Å². The first-order valence-corrected chi connectivity index (χ1v) is 9.40. The number of rotatable bonds is 3. The summed E-state index contributed by atoms with van der Waals surface area (Å²) >= 11 is 1.70. The van der Waals surface area contributed by atoms with Gasteiger partial charge in [0.05, 0.1) is 16.3 Å². The zero-order chi connectivity index (χ0) is 17.5. The van der Waals surface area contributed by atoms with Crippen molar-refractivity contribution < 1.29 is 0 Å². The van der Waals surface area contributed by atoms with Crippen LogP contribution in [0.4, 0.5) is 0 Å². The molecular formula is C22H17N3S. The molecule has 0 spiro atoms. The molecule has 5 aromatic rings. The molecule has 2 aromatic heterocycles. The van der Waals surface area contributed by atoms with E-state index in [4.69, 9.17) is 10.7 Å². The minimum atomic E-state index is 0.453. The Bertz CT molecular complexity index is 1220. The van der Waals surface area contributed by atoms with Gasteiger partial charge in [-0.2, -0.15) is 0 Å². The fraction of sp³-hybridized carbons (Fsp3) is 0.0455. The second-order valence-corrected chi connectivity index (χ2v) is 7.30. The summed E-state index contributed by atoms with van der Waals surface area (Å²) in [6.45, 7) is 0.453. The van der Waals surface area contributed by atoms with E-state index < -0.39 is 0 Å². The number of hydrogen-bond donors (Lipinski definition) is 1. The predicted octanol–water partition coefficient (Wildman–Crippen LogP) is 5.34. The Labute approximate surface area is 155 Å². The van der Waals surface area contributed by atoms with Gasteiger partial charge in [-0.05, 0) is 22.4 Å². The van der Waals surface area contributed by atoms with Gasteiger partial charge in [0.25, 0.3) is 0 Å². The Hall–Kier alpha value is -2.95. The lowest BCUT2D eigenvalue weighted by atomic mass is 10.0. The van der Waals surface area contributed by atoms with Crippen molar-refractivity contribution in [2.75, 3.05) is 0 Å². The van der Waals surface area contributed by atoms with E-state index >= 15 is 0 Å². The fourth-order valence-electron chi connectivity index (χ4n) is 3.39. The number of nitrogens with two attached hydrogens (primary N) is 1. The summed E-state index contributed by atoms with van der Waals surface area (Å²) in [5.41, 5.74) is 10.4. The third-order valence-electron chi connectivity index (χ3n) is 4.70. The summed E-state index contributed by atoms with van der Waals surface area (Å²) in [4.78, 5) is 7.09. The molecule has 3 aromatic carbocycles. The smallest absolute Gasteiger partial charge is 0.195 e. The molecule has 0 atom stereocenters. The number of nitrogens with zero attached hydrogens (tertiary/aromatic N) is 2. The maximum absolute atomic E-state index is 6.10. The van der Waals surface area contributed by atoms with Crippen molar-refractivity contribution >= 4 is 27.1 Å². The molecule has 0 saturated heterocycles. The molecule has 5 rings (SSSR count). The average Bonchev–Trinajstić information content (AvgIpc) is 3.26. The van der Waals surface area contributed by atoms with Crippen LogP contribution in [0, 0.1) is 0 Å². The van der Waals surface area contributed by atoms with Crippen molar-refractivity contribution in [1.29, 1.82) is 0 Å². The first kappa shape index (κ1) is 15.3. The highest BCUT2D eigenvalue weighted by Gasteiger charge is 2.16. The van der Waals surface area contributed by atoms with Crippen molar-refractivity contribution in [3.8, 4) is 21.7 Å². The molecule has 126 valence electrons. The summed E-state index contributed by atoms with van der Waals surface area (Å²) in [6.07, 6.45) is 2.15. The van der Waals surface area contributed by atoms with Crippen LogP contribution in [0.25, 0.3) is 37.4 Å². The number of benzene rings is 3. The molecule has 2 heterocycles. The molecule has 0 aliphatic heterocycles. The standard InChI is InChI=1S/C22H17N3S/c23-13-19-21(18-11-10-15-6-4-5-9-17(15)12-18)24-22-25(19)14-20(26-22)16-7-2-1-3-8-16/h1-12,14H,13,23H2. The number of imidazole rings is 1. The van der Waals surface area contributed by atoms with Gasteiger partial charge in [0.15, 0.2) is 4.96 Å². The Morgan fingerprint density at radius 3 is 2.42 bits per heavy atom. The molecule has 0 bridgehead atoms. The van der Waals surface area contributed by atoms with Crippen LogP contribution in [0.2, 0.25) is 0 Å². The molecule has 26 heavy (non-hydrogen) atoms. The van der Waals surface area contributed by atoms with E-state index in [9.17, 15) is 0 Å². The molecule has 0 amide bonds. The third kappa shape index (κ3) is 2.43. The van der Waals surface area contributed by atoms with E-state index in [1.165, 1.54) is 21.2 Å². The van der Waals surface area contributed by atoms with Crippen molar-refractivity contribution in [3.05, 3.63) is 84.7 Å². The van der Waals surface area contributed by atoms with E-state index in [1.54, 1.807) is 11.3 Å².